The summed E-state index contributed by atoms with van der Waals surface area (Å²) < 4.78 is 41.5. The van der Waals surface area contributed by atoms with Crippen LogP contribution in [0.4, 0.5) is 13.2 Å². The Morgan fingerprint density at radius 3 is 1.68 bits per heavy atom. The maximum Gasteiger partial charge on any atom is 0.419 e. The van der Waals surface area contributed by atoms with Gasteiger partial charge in [0.15, 0.2) is 0 Å². The molecule has 0 saturated heterocycles. The van der Waals surface area contributed by atoms with Crippen LogP contribution in [0.25, 0.3) is 0 Å². The van der Waals surface area contributed by atoms with Crippen molar-refractivity contribution in [3.05, 3.63) is 46.6 Å². The molecule has 0 saturated carbocycles. The topological polar surface area (TPSA) is 75.3 Å². The van der Waals surface area contributed by atoms with Crippen molar-refractivity contribution in [2.75, 3.05) is 0 Å². The summed E-state index contributed by atoms with van der Waals surface area (Å²) in [4.78, 5) is 17.6. The first-order valence-electron chi connectivity index (χ1n) is 11.4. The second-order valence-electron chi connectivity index (χ2n) is 12.3. The average Bonchev–Trinajstić information content (AvgIpc) is 2.69. The van der Waals surface area contributed by atoms with Crippen LogP contribution in [-0.2, 0) is 27.8 Å². The minimum atomic E-state index is -4.55. The number of hydrogen-bond acceptors (Lipinski definition) is 5. The highest BCUT2D eigenvalue weighted by Crippen LogP contribution is 2.41. The van der Waals surface area contributed by atoms with Crippen LogP contribution < -0.4 is 0 Å². The summed E-state index contributed by atoms with van der Waals surface area (Å²) >= 11 is 0. The number of rotatable bonds is 5. The van der Waals surface area contributed by atoms with Gasteiger partial charge >= 0.3 is 6.18 Å². The summed E-state index contributed by atoms with van der Waals surface area (Å²) in [5, 5.41) is 9.45. The molecule has 2 aromatic rings. The monoisotopic (exact) mass is 475 g/mol. The Balaban J connectivity index is 2.46. The Kier molecular flexibility index (Phi) is 7.25. The summed E-state index contributed by atoms with van der Waals surface area (Å²) in [6, 6.07) is 2.15. The maximum atomic E-state index is 13.8. The first kappa shape index (κ1) is 27.7. The number of halogens is 3. The second-order valence-corrected chi connectivity index (χ2v) is 12.3. The van der Waals surface area contributed by atoms with Gasteiger partial charge in [-0.1, -0.05) is 69.2 Å². The molecule has 0 N–H and O–H groups in total. The molecule has 0 fully saturated rings. The van der Waals surface area contributed by atoms with Crippen LogP contribution in [0.2, 0.25) is 0 Å². The Hall–Kier alpha value is -2.56. The molecule has 0 amide bonds. The lowest BCUT2D eigenvalue weighted by Gasteiger charge is -2.33. The van der Waals surface area contributed by atoms with Crippen LogP contribution in [0.15, 0.2) is 12.4 Å². The van der Waals surface area contributed by atoms with Gasteiger partial charge in [0.2, 0.25) is 0 Å². The predicted molar refractivity (Wildman–Crippen MR) is 126 cm³/mol. The average molecular weight is 476 g/mol. The van der Waals surface area contributed by atoms with Crippen LogP contribution in [0.3, 0.4) is 0 Å². The van der Waals surface area contributed by atoms with E-state index in [-0.39, 0.29) is 11.1 Å². The largest absolute Gasteiger partial charge is 0.419 e. The standard InChI is InChI=1S/C26H36F3N5/c1-22(2,3)18-16(13-30)14-31-21(33-18)25(9,10)12-11-24(7,8)19-17(26(27,28)29)15-32-20(34-19)23(4,5)6/h14-15H,11-12H2,1-10H3. The number of aromatic nitrogens is 4. The van der Waals surface area contributed by atoms with Gasteiger partial charge in [0.05, 0.1) is 22.5 Å². The fourth-order valence-corrected chi connectivity index (χ4v) is 3.68. The first-order valence-corrected chi connectivity index (χ1v) is 11.4. The lowest BCUT2D eigenvalue weighted by atomic mass is 9.75. The summed E-state index contributed by atoms with van der Waals surface area (Å²) in [6.45, 7) is 19.1. The van der Waals surface area contributed by atoms with E-state index in [2.05, 4.69) is 21.0 Å². The summed E-state index contributed by atoms with van der Waals surface area (Å²) in [6.07, 6.45) is -1.14. The van der Waals surface area contributed by atoms with E-state index < -0.39 is 28.0 Å². The zero-order chi connectivity index (χ0) is 26.3. The Bertz CT molecular complexity index is 1080. The normalized spacial score (nSPS) is 13.6. The number of hydrogen-bond donors (Lipinski definition) is 0. The molecule has 0 aliphatic carbocycles. The van der Waals surface area contributed by atoms with Crippen molar-refractivity contribution in [1.82, 2.24) is 19.9 Å². The molecule has 0 atom stereocenters. The van der Waals surface area contributed by atoms with E-state index >= 15 is 0 Å². The third-order valence-electron chi connectivity index (χ3n) is 6.01. The van der Waals surface area contributed by atoms with Crippen molar-refractivity contribution >= 4 is 0 Å². The van der Waals surface area contributed by atoms with Crippen molar-refractivity contribution in [3.63, 3.8) is 0 Å². The van der Waals surface area contributed by atoms with Crippen molar-refractivity contribution in [3.8, 4) is 6.07 Å². The molecule has 0 bridgehead atoms. The molecule has 34 heavy (non-hydrogen) atoms. The summed E-state index contributed by atoms with van der Waals surface area (Å²) in [7, 11) is 0. The van der Waals surface area contributed by atoms with Gasteiger partial charge in [0, 0.05) is 34.1 Å². The van der Waals surface area contributed by atoms with Gasteiger partial charge in [-0.15, -0.1) is 0 Å². The SMILES string of the molecule is CC(C)(C)c1ncc(C(F)(F)F)c(C(C)(C)CCC(C)(C)c2ncc(C#N)c(C(C)(C)C)n2)n1. The third-order valence-corrected chi connectivity index (χ3v) is 6.01. The van der Waals surface area contributed by atoms with E-state index in [0.29, 0.717) is 35.7 Å². The van der Waals surface area contributed by atoms with Gasteiger partial charge in [0.1, 0.15) is 17.7 Å². The van der Waals surface area contributed by atoms with E-state index in [0.717, 1.165) is 6.20 Å². The highest BCUT2D eigenvalue weighted by molar-refractivity contribution is 5.36. The molecule has 0 unspecified atom stereocenters. The Labute approximate surface area is 201 Å². The van der Waals surface area contributed by atoms with E-state index in [1.807, 2.05) is 55.4 Å². The van der Waals surface area contributed by atoms with Crippen LogP contribution >= 0.6 is 0 Å². The van der Waals surface area contributed by atoms with E-state index in [1.165, 1.54) is 6.20 Å². The Morgan fingerprint density at radius 2 is 1.21 bits per heavy atom. The van der Waals surface area contributed by atoms with Crippen molar-refractivity contribution in [2.24, 2.45) is 0 Å². The predicted octanol–water partition coefficient (Wildman–Crippen LogP) is 6.79. The fraction of sp³-hybridized carbons (Fsp3) is 0.654. The van der Waals surface area contributed by atoms with E-state index in [9.17, 15) is 18.4 Å². The molecular weight excluding hydrogens is 439 g/mol. The zero-order valence-corrected chi connectivity index (χ0v) is 21.9. The fourth-order valence-electron chi connectivity index (χ4n) is 3.68. The molecule has 0 aliphatic heterocycles. The van der Waals surface area contributed by atoms with Gasteiger partial charge in [-0.2, -0.15) is 18.4 Å². The van der Waals surface area contributed by atoms with Crippen LogP contribution in [0, 0.1) is 11.3 Å². The molecule has 0 aliphatic rings. The maximum absolute atomic E-state index is 13.8. The molecular formula is C26H36F3N5. The molecule has 0 aromatic carbocycles. The lowest BCUT2D eigenvalue weighted by Crippen LogP contribution is -2.31. The Morgan fingerprint density at radius 1 is 0.706 bits per heavy atom. The molecule has 2 rings (SSSR count). The molecule has 0 radical (unpaired) electrons. The van der Waals surface area contributed by atoms with Crippen LogP contribution in [0.1, 0.15) is 116 Å². The first-order chi connectivity index (χ1) is 15.2. The van der Waals surface area contributed by atoms with Crippen molar-refractivity contribution in [1.29, 1.82) is 5.26 Å². The molecule has 2 heterocycles. The lowest BCUT2D eigenvalue weighted by molar-refractivity contribution is -0.139. The number of nitriles is 1. The minimum Gasteiger partial charge on any atom is -0.240 e. The number of nitrogens with zero attached hydrogens (tertiary/aromatic N) is 5. The molecule has 186 valence electrons. The van der Waals surface area contributed by atoms with Gasteiger partial charge in [-0.05, 0) is 12.8 Å². The smallest absolute Gasteiger partial charge is 0.240 e. The quantitative estimate of drug-likeness (QED) is 0.476. The van der Waals surface area contributed by atoms with E-state index in [1.54, 1.807) is 13.8 Å². The third kappa shape index (κ3) is 6.11. The molecule has 0 spiro atoms. The molecule has 2 aromatic heterocycles. The highest BCUT2D eigenvalue weighted by Gasteiger charge is 2.41. The number of alkyl halides is 3. The van der Waals surface area contributed by atoms with Gasteiger partial charge in [-0.25, -0.2) is 19.9 Å². The van der Waals surface area contributed by atoms with E-state index in [4.69, 9.17) is 4.98 Å². The second kappa shape index (κ2) is 8.90. The minimum absolute atomic E-state index is 0.00634. The van der Waals surface area contributed by atoms with Crippen molar-refractivity contribution in [2.45, 2.75) is 110 Å². The summed E-state index contributed by atoms with van der Waals surface area (Å²) in [5.41, 5.74) is -1.92. The highest BCUT2D eigenvalue weighted by atomic mass is 19.4. The zero-order valence-electron chi connectivity index (χ0n) is 21.9. The van der Waals surface area contributed by atoms with Gasteiger partial charge in [0.25, 0.3) is 0 Å². The van der Waals surface area contributed by atoms with Gasteiger partial charge in [-0.3, -0.25) is 0 Å². The van der Waals surface area contributed by atoms with Gasteiger partial charge < -0.3 is 0 Å². The van der Waals surface area contributed by atoms with Crippen LogP contribution in [0.5, 0.6) is 0 Å². The van der Waals surface area contributed by atoms with Crippen molar-refractivity contribution < 1.29 is 13.2 Å². The van der Waals surface area contributed by atoms with Crippen LogP contribution in [-0.4, -0.2) is 19.9 Å². The molecule has 5 nitrogen and oxygen atoms in total. The molecule has 8 heteroatoms. The summed E-state index contributed by atoms with van der Waals surface area (Å²) in [5.74, 6) is 0.953.